The molecule has 0 amide bonds. The first-order valence-corrected chi connectivity index (χ1v) is 7.95. The molecule has 1 aliphatic carbocycles. The molecule has 110 valence electrons. The lowest BCUT2D eigenvalue weighted by molar-refractivity contribution is -0.0662. The number of benzene rings is 1. The maximum atomic E-state index is 6.20. The van der Waals surface area contributed by atoms with Crippen LogP contribution < -0.4 is 5.32 Å². The van der Waals surface area contributed by atoms with Crippen molar-refractivity contribution in [1.82, 2.24) is 0 Å². The minimum Gasteiger partial charge on any atom is -0.379 e. The average Bonchev–Trinajstić information content (AvgIpc) is 2.57. The first kappa shape index (κ1) is 13.9. The van der Waals surface area contributed by atoms with Gasteiger partial charge >= 0.3 is 0 Å². The van der Waals surface area contributed by atoms with Crippen molar-refractivity contribution in [2.24, 2.45) is 0 Å². The van der Waals surface area contributed by atoms with E-state index in [9.17, 15) is 0 Å². The molecule has 1 N–H and O–H groups in total. The van der Waals surface area contributed by atoms with Crippen molar-refractivity contribution in [1.29, 1.82) is 0 Å². The van der Waals surface area contributed by atoms with Crippen molar-refractivity contribution < 1.29 is 4.74 Å². The SMILES string of the molecule is CC1(C)CC(Nc2cccc3c2CCCC3)C(C)(C)O1. The highest BCUT2D eigenvalue weighted by atomic mass is 16.5. The van der Waals surface area contributed by atoms with E-state index in [4.69, 9.17) is 4.74 Å². The lowest BCUT2D eigenvalue weighted by Gasteiger charge is -2.30. The second kappa shape index (κ2) is 4.77. The molecule has 2 nitrogen and oxygen atoms in total. The molecule has 2 heteroatoms. The Bertz CT molecular complexity index is 504. The zero-order valence-corrected chi connectivity index (χ0v) is 13.3. The van der Waals surface area contributed by atoms with Gasteiger partial charge in [-0.3, -0.25) is 0 Å². The Balaban J connectivity index is 1.85. The lowest BCUT2D eigenvalue weighted by Crippen LogP contribution is -2.38. The molecule has 1 saturated heterocycles. The Hall–Kier alpha value is -1.02. The highest BCUT2D eigenvalue weighted by molar-refractivity contribution is 5.56. The van der Waals surface area contributed by atoms with Gasteiger partial charge in [-0.15, -0.1) is 0 Å². The van der Waals surface area contributed by atoms with Crippen molar-refractivity contribution in [3.05, 3.63) is 29.3 Å². The third kappa shape index (κ3) is 2.58. The van der Waals surface area contributed by atoms with Crippen LogP contribution in [0.3, 0.4) is 0 Å². The summed E-state index contributed by atoms with van der Waals surface area (Å²) in [6, 6.07) is 7.11. The Morgan fingerprint density at radius 1 is 1.10 bits per heavy atom. The molecule has 1 fully saturated rings. The summed E-state index contributed by atoms with van der Waals surface area (Å²) in [5.74, 6) is 0. The van der Waals surface area contributed by atoms with Gasteiger partial charge in [0.1, 0.15) is 0 Å². The number of nitrogens with one attached hydrogen (secondary N) is 1. The summed E-state index contributed by atoms with van der Waals surface area (Å²) in [6.07, 6.45) is 6.17. The van der Waals surface area contributed by atoms with Gasteiger partial charge in [0.15, 0.2) is 0 Å². The van der Waals surface area contributed by atoms with Crippen LogP contribution in [-0.2, 0) is 17.6 Å². The summed E-state index contributed by atoms with van der Waals surface area (Å²) >= 11 is 0. The summed E-state index contributed by atoms with van der Waals surface area (Å²) in [6.45, 7) is 8.79. The number of aryl methyl sites for hydroxylation is 1. The van der Waals surface area contributed by atoms with Gasteiger partial charge in [-0.2, -0.15) is 0 Å². The monoisotopic (exact) mass is 273 g/mol. The third-order valence-corrected chi connectivity index (χ3v) is 4.80. The number of hydrogen-bond donors (Lipinski definition) is 1. The highest BCUT2D eigenvalue weighted by Gasteiger charge is 2.46. The molecule has 1 aromatic rings. The van der Waals surface area contributed by atoms with Gasteiger partial charge in [0.2, 0.25) is 0 Å². The summed E-state index contributed by atoms with van der Waals surface area (Å²) in [7, 11) is 0. The van der Waals surface area contributed by atoms with Crippen LogP contribution >= 0.6 is 0 Å². The molecule has 20 heavy (non-hydrogen) atoms. The van der Waals surface area contributed by atoms with Crippen molar-refractivity contribution in [3.8, 4) is 0 Å². The first-order valence-electron chi connectivity index (χ1n) is 7.95. The quantitative estimate of drug-likeness (QED) is 0.866. The standard InChI is InChI=1S/C18H27NO/c1-17(2)12-16(18(3,4)20-17)19-15-11-7-9-13-8-5-6-10-14(13)15/h7,9,11,16,19H,5-6,8,10,12H2,1-4H3. The van der Waals surface area contributed by atoms with Crippen molar-refractivity contribution in [2.75, 3.05) is 5.32 Å². The van der Waals surface area contributed by atoms with E-state index in [1.807, 2.05) is 0 Å². The number of rotatable bonds is 2. The molecule has 1 aliphatic heterocycles. The molecule has 1 aromatic carbocycles. The van der Waals surface area contributed by atoms with Crippen molar-refractivity contribution in [2.45, 2.75) is 77.0 Å². The Morgan fingerprint density at radius 2 is 1.85 bits per heavy atom. The van der Waals surface area contributed by atoms with Crippen molar-refractivity contribution >= 4 is 5.69 Å². The molecule has 1 atom stereocenters. The molecule has 0 saturated carbocycles. The zero-order chi connectivity index (χ0) is 14.4. The van der Waals surface area contributed by atoms with E-state index < -0.39 is 0 Å². The zero-order valence-electron chi connectivity index (χ0n) is 13.3. The maximum absolute atomic E-state index is 6.20. The van der Waals surface area contributed by atoms with Gasteiger partial charge in [0, 0.05) is 5.69 Å². The van der Waals surface area contributed by atoms with E-state index in [1.54, 1.807) is 5.56 Å². The minimum absolute atomic E-state index is 0.0317. The van der Waals surface area contributed by atoms with Crippen LogP contribution in [0.2, 0.25) is 0 Å². The molecular formula is C18H27NO. The molecule has 2 aliphatic rings. The predicted molar refractivity (Wildman–Crippen MR) is 84.4 cm³/mol. The third-order valence-electron chi connectivity index (χ3n) is 4.80. The van der Waals surface area contributed by atoms with Crippen LogP contribution in [0.15, 0.2) is 18.2 Å². The van der Waals surface area contributed by atoms with Gasteiger partial charge in [-0.25, -0.2) is 0 Å². The van der Waals surface area contributed by atoms with Crippen molar-refractivity contribution in [3.63, 3.8) is 0 Å². The maximum Gasteiger partial charge on any atom is 0.0834 e. The van der Waals surface area contributed by atoms with Gasteiger partial charge in [0.05, 0.1) is 17.2 Å². The van der Waals surface area contributed by atoms with E-state index >= 15 is 0 Å². The van der Waals surface area contributed by atoms with Gasteiger partial charge in [-0.05, 0) is 77.0 Å². The summed E-state index contributed by atoms with van der Waals surface area (Å²) in [5, 5.41) is 3.79. The first-order chi connectivity index (χ1) is 9.37. The fourth-order valence-corrected chi connectivity index (χ4v) is 3.89. The fourth-order valence-electron chi connectivity index (χ4n) is 3.89. The number of fused-ring (bicyclic) bond motifs is 1. The molecule has 0 bridgehead atoms. The topological polar surface area (TPSA) is 21.3 Å². The Morgan fingerprint density at radius 3 is 2.55 bits per heavy atom. The second-order valence-electron chi connectivity index (χ2n) is 7.52. The Kier molecular flexibility index (Phi) is 3.32. The van der Waals surface area contributed by atoms with Gasteiger partial charge in [-0.1, -0.05) is 12.1 Å². The number of anilines is 1. The smallest absolute Gasteiger partial charge is 0.0834 e. The summed E-state index contributed by atoms with van der Waals surface area (Å²) in [4.78, 5) is 0. The van der Waals surface area contributed by atoms with Crippen LogP contribution in [0.5, 0.6) is 0 Å². The Labute approximate surface area is 122 Å². The van der Waals surface area contributed by atoms with Crippen LogP contribution in [0.4, 0.5) is 5.69 Å². The van der Waals surface area contributed by atoms with E-state index in [0.717, 1.165) is 6.42 Å². The van der Waals surface area contributed by atoms with E-state index in [1.165, 1.54) is 36.9 Å². The average molecular weight is 273 g/mol. The van der Waals surface area contributed by atoms with Crippen LogP contribution in [0, 0.1) is 0 Å². The van der Waals surface area contributed by atoms with Crippen LogP contribution in [0.25, 0.3) is 0 Å². The highest BCUT2D eigenvalue weighted by Crippen LogP contribution is 2.40. The lowest BCUT2D eigenvalue weighted by atomic mass is 9.89. The fraction of sp³-hybridized carbons (Fsp3) is 0.667. The summed E-state index contributed by atoms with van der Waals surface area (Å²) in [5.41, 5.74) is 4.27. The molecule has 0 radical (unpaired) electrons. The van der Waals surface area contributed by atoms with Gasteiger partial charge < -0.3 is 10.1 Å². The molecule has 0 aromatic heterocycles. The van der Waals surface area contributed by atoms with Crippen LogP contribution in [-0.4, -0.2) is 17.2 Å². The van der Waals surface area contributed by atoms with Crippen LogP contribution in [0.1, 0.15) is 58.1 Å². The largest absolute Gasteiger partial charge is 0.379 e. The van der Waals surface area contributed by atoms with E-state index in [-0.39, 0.29) is 11.2 Å². The molecule has 3 rings (SSSR count). The molecular weight excluding hydrogens is 246 g/mol. The van der Waals surface area contributed by atoms with E-state index in [0.29, 0.717) is 6.04 Å². The second-order valence-corrected chi connectivity index (χ2v) is 7.52. The molecule has 1 heterocycles. The predicted octanol–water partition coefficient (Wildman–Crippen LogP) is 4.32. The number of ether oxygens (including phenoxy) is 1. The van der Waals surface area contributed by atoms with Gasteiger partial charge in [0.25, 0.3) is 0 Å². The normalized spacial score (nSPS) is 27.1. The molecule has 0 spiro atoms. The minimum atomic E-state index is -0.110. The summed E-state index contributed by atoms with van der Waals surface area (Å²) < 4.78 is 6.20. The van der Waals surface area contributed by atoms with E-state index in [2.05, 4.69) is 51.2 Å². The molecule has 1 unspecified atom stereocenters. The number of hydrogen-bond acceptors (Lipinski definition) is 2.